The van der Waals surface area contributed by atoms with Crippen molar-refractivity contribution < 1.29 is 19.0 Å². The van der Waals surface area contributed by atoms with Crippen LogP contribution >= 0.6 is 0 Å². The first kappa shape index (κ1) is 23.8. The maximum absolute atomic E-state index is 15.3. The normalized spacial score (nSPS) is 19.4. The maximum Gasteiger partial charge on any atom is 0.308 e. The van der Waals surface area contributed by atoms with E-state index in [0.29, 0.717) is 36.3 Å². The third-order valence-corrected chi connectivity index (χ3v) is 6.73. The zero-order valence-electron chi connectivity index (χ0n) is 19.6. The van der Waals surface area contributed by atoms with E-state index in [-0.39, 0.29) is 12.3 Å². The molecule has 0 amide bonds. The molecule has 1 fully saturated rings. The van der Waals surface area contributed by atoms with Gasteiger partial charge in [-0.05, 0) is 79.6 Å². The first-order valence-corrected chi connectivity index (χ1v) is 11.6. The Balaban J connectivity index is 1.38. The largest absolute Gasteiger partial charge is 0.497 e. The van der Waals surface area contributed by atoms with Gasteiger partial charge in [-0.1, -0.05) is 5.92 Å². The summed E-state index contributed by atoms with van der Waals surface area (Å²) in [6.07, 6.45) is 3.89. The number of methoxy groups -OCH3 is 1. The highest BCUT2D eigenvalue weighted by atomic mass is 19.1. The van der Waals surface area contributed by atoms with Crippen LogP contribution in [0.1, 0.15) is 36.7 Å². The molecular weight excluding hydrogens is 433 g/mol. The van der Waals surface area contributed by atoms with Crippen molar-refractivity contribution in [1.29, 1.82) is 0 Å². The molecule has 1 aliphatic heterocycles. The van der Waals surface area contributed by atoms with Gasteiger partial charge in [0.2, 0.25) is 0 Å². The fraction of sp³-hybridized carbons (Fsp3) is 0.407. The Kier molecular flexibility index (Phi) is 7.49. The standard InChI is InChI=1S/C27H30FN3O3/c1-30-14-3-5-20(30)6-4-15-31-16-12-19(24(18-31)27(32)33)7-9-25(28)22-11-13-29-26-10-8-21(34-2)17-23(22)26/h3,5,8,10-11,13-14,17,19,24-25H,7,9,12,15-16,18H2,1-2H3,(H,32,33)/t19-,24+,25?/m1/s1. The summed E-state index contributed by atoms with van der Waals surface area (Å²) in [5.74, 6) is 5.55. The van der Waals surface area contributed by atoms with E-state index in [4.69, 9.17) is 4.74 Å². The number of pyridine rings is 1. The van der Waals surface area contributed by atoms with Gasteiger partial charge in [0.25, 0.3) is 0 Å². The molecule has 1 saturated heterocycles. The van der Waals surface area contributed by atoms with E-state index in [2.05, 4.69) is 21.7 Å². The number of benzene rings is 1. The summed E-state index contributed by atoms with van der Waals surface area (Å²) >= 11 is 0. The fourth-order valence-corrected chi connectivity index (χ4v) is 4.73. The van der Waals surface area contributed by atoms with Gasteiger partial charge in [-0.3, -0.25) is 14.7 Å². The number of rotatable bonds is 7. The van der Waals surface area contributed by atoms with Crippen molar-refractivity contribution in [2.24, 2.45) is 18.9 Å². The number of carbonyl (C=O) groups is 1. The van der Waals surface area contributed by atoms with Crippen LogP contribution in [0.25, 0.3) is 10.9 Å². The molecule has 3 heterocycles. The molecule has 3 atom stereocenters. The van der Waals surface area contributed by atoms with Gasteiger partial charge in [-0.15, -0.1) is 0 Å². The lowest BCUT2D eigenvalue weighted by Gasteiger charge is -2.35. The average molecular weight is 464 g/mol. The summed E-state index contributed by atoms with van der Waals surface area (Å²) in [7, 11) is 3.52. The van der Waals surface area contributed by atoms with Crippen LogP contribution in [0.3, 0.4) is 0 Å². The minimum Gasteiger partial charge on any atom is -0.497 e. The Hall–Kier alpha value is -3.37. The third kappa shape index (κ3) is 5.40. The number of fused-ring (bicyclic) bond motifs is 1. The Labute approximate surface area is 199 Å². The average Bonchev–Trinajstić information content (AvgIpc) is 3.26. The summed E-state index contributed by atoms with van der Waals surface area (Å²) in [5.41, 5.74) is 2.22. The molecule has 4 rings (SSSR count). The molecule has 1 unspecified atom stereocenters. The summed E-state index contributed by atoms with van der Waals surface area (Å²) in [6.45, 7) is 1.73. The van der Waals surface area contributed by atoms with E-state index in [1.54, 1.807) is 25.4 Å². The highest BCUT2D eigenvalue weighted by molar-refractivity contribution is 5.83. The zero-order valence-corrected chi connectivity index (χ0v) is 19.6. The Morgan fingerprint density at radius 3 is 2.94 bits per heavy atom. The molecule has 2 aromatic heterocycles. The van der Waals surface area contributed by atoms with E-state index in [1.807, 2.05) is 42.1 Å². The number of aliphatic carboxylic acids is 1. The van der Waals surface area contributed by atoms with Crippen molar-refractivity contribution in [3.63, 3.8) is 0 Å². The quantitative estimate of drug-likeness (QED) is 0.525. The van der Waals surface area contributed by atoms with Crippen LogP contribution in [0.2, 0.25) is 0 Å². The molecule has 0 spiro atoms. The predicted molar refractivity (Wildman–Crippen MR) is 129 cm³/mol. The van der Waals surface area contributed by atoms with E-state index >= 15 is 4.39 Å². The second-order valence-electron chi connectivity index (χ2n) is 8.86. The van der Waals surface area contributed by atoms with Gasteiger partial charge in [0, 0.05) is 31.4 Å². The van der Waals surface area contributed by atoms with E-state index < -0.39 is 18.1 Å². The molecule has 34 heavy (non-hydrogen) atoms. The molecular formula is C27H30FN3O3. The van der Waals surface area contributed by atoms with Crippen LogP contribution in [0.5, 0.6) is 5.75 Å². The molecule has 0 saturated carbocycles. The Morgan fingerprint density at radius 2 is 2.21 bits per heavy atom. The molecule has 178 valence electrons. The molecule has 1 aliphatic rings. The zero-order chi connectivity index (χ0) is 24.1. The number of nitrogens with zero attached hydrogens (tertiary/aromatic N) is 3. The van der Waals surface area contributed by atoms with Gasteiger partial charge in [-0.25, -0.2) is 4.39 Å². The van der Waals surface area contributed by atoms with Crippen molar-refractivity contribution in [3.8, 4) is 17.6 Å². The van der Waals surface area contributed by atoms with Gasteiger partial charge >= 0.3 is 5.97 Å². The smallest absolute Gasteiger partial charge is 0.308 e. The topological polar surface area (TPSA) is 67.6 Å². The maximum atomic E-state index is 15.3. The summed E-state index contributed by atoms with van der Waals surface area (Å²) in [4.78, 5) is 18.4. The van der Waals surface area contributed by atoms with Crippen LogP contribution in [0.15, 0.2) is 48.8 Å². The highest BCUT2D eigenvalue weighted by Crippen LogP contribution is 2.35. The highest BCUT2D eigenvalue weighted by Gasteiger charge is 2.34. The molecule has 6 nitrogen and oxygen atoms in total. The number of piperidine rings is 1. The van der Waals surface area contributed by atoms with Crippen LogP contribution in [0.4, 0.5) is 4.39 Å². The van der Waals surface area contributed by atoms with Crippen molar-refractivity contribution in [1.82, 2.24) is 14.5 Å². The minimum absolute atomic E-state index is 0.0597. The number of alkyl halides is 1. The Morgan fingerprint density at radius 1 is 1.35 bits per heavy atom. The molecule has 7 heteroatoms. The number of hydrogen-bond acceptors (Lipinski definition) is 4. The molecule has 0 aliphatic carbocycles. The lowest BCUT2D eigenvalue weighted by molar-refractivity contribution is -0.146. The predicted octanol–water partition coefficient (Wildman–Crippen LogP) is 4.45. The van der Waals surface area contributed by atoms with Gasteiger partial charge < -0.3 is 14.4 Å². The third-order valence-electron chi connectivity index (χ3n) is 6.73. The first-order valence-electron chi connectivity index (χ1n) is 11.6. The summed E-state index contributed by atoms with van der Waals surface area (Å²) < 4.78 is 22.6. The SMILES string of the molecule is COc1ccc2nccc(C(F)CC[C@@H]3CCN(CC#Cc4cccn4C)C[C@@H]3C(=O)O)c2c1. The molecule has 1 aromatic carbocycles. The van der Waals surface area contributed by atoms with Crippen LogP contribution in [-0.2, 0) is 11.8 Å². The van der Waals surface area contributed by atoms with Crippen molar-refractivity contribution in [3.05, 3.63) is 60.0 Å². The second-order valence-corrected chi connectivity index (χ2v) is 8.86. The number of ether oxygens (including phenoxy) is 1. The van der Waals surface area contributed by atoms with Gasteiger partial charge in [0.05, 0.1) is 30.8 Å². The minimum atomic E-state index is -1.19. The molecule has 1 N–H and O–H groups in total. The number of halogens is 1. The number of aryl methyl sites for hydroxylation is 1. The second kappa shape index (κ2) is 10.7. The number of carboxylic acids is 1. The fourth-order valence-electron chi connectivity index (χ4n) is 4.73. The van der Waals surface area contributed by atoms with Gasteiger partial charge in [0.1, 0.15) is 11.9 Å². The summed E-state index contributed by atoms with van der Waals surface area (Å²) in [6, 6.07) is 11.0. The molecule has 3 aromatic rings. The van der Waals surface area contributed by atoms with E-state index in [0.717, 1.165) is 24.0 Å². The van der Waals surface area contributed by atoms with Crippen LogP contribution < -0.4 is 4.74 Å². The lowest BCUT2D eigenvalue weighted by atomic mass is 9.81. The van der Waals surface area contributed by atoms with Gasteiger partial charge in [0.15, 0.2) is 0 Å². The van der Waals surface area contributed by atoms with Crippen LogP contribution in [0, 0.1) is 23.7 Å². The van der Waals surface area contributed by atoms with Crippen molar-refractivity contribution in [2.75, 3.05) is 26.7 Å². The molecule has 0 bridgehead atoms. The Bertz CT molecular complexity index is 1210. The van der Waals surface area contributed by atoms with E-state index in [1.165, 1.54) is 0 Å². The number of aromatic nitrogens is 2. The first-order chi connectivity index (χ1) is 16.5. The number of carboxylic acid groups (broad SMARTS) is 1. The summed E-state index contributed by atoms with van der Waals surface area (Å²) in [5, 5.41) is 10.6. The van der Waals surface area contributed by atoms with E-state index in [9.17, 15) is 9.90 Å². The molecule has 0 radical (unpaired) electrons. The van der Waals surface area contributed by atoms with Gasteiger partial charge in [-0.2, -0.15) is 0 Å². The lowest BCUT2D eigenvalue weighted by Crippen LogP contribution is -2.44. The van der Waals surface area contributed by atoms with Crippen molar-refractivity contribution in [2.45, 2.75) is 25.4 Å². The number of hydrogen-bond donors (Lipinski definition) is 1. The number of likely N-dealkylation sites (tertiary alicyclic amines) is 1. The monoisotopic (exact) mass is 463 g/mol. The van der Waals surface area contributed by atoms with Crippen LogP contribution in [-0.4, -0.2) is 52.3 Å². The van der Waals surface area contributed by atoms with Crippen molar-refractivity contribution >= 4 is 16.9 Å².